The number of carbonyl (C=O) groups is 1. The highest BCUT2D eigenvalue weighted by atomic mass is 19.1. The van der Waals surface area contributed by atoms with Crippen molar-refractivity contribution in [2.24, 2.45) is 0 Å². The summed E-state index contributed by atoms with van der Waals surface area (Å²) in [5.74, 6) is -1.97. The van der Waals surface area contributed by atoms with Crippen LogP contribution in [0.15, 0.2) is 18.2 Å². The molecule has 3 nitrogen and oxygen atoms in total. The maximum Gasteiger partial charge on any atom is 0.254 e. The van der Waals surface area contributed by atoms with Crippen molar-refractivity contribution in [3.63, 3.8) is 0 Å². The fourth-order valence-corrected chi connectivity index (χ4v) is 2.09. The Morgan fingerprint density at radius 1 is 1.33 bits per heavy atom. The molecule has 0 aliphatic carbocycles. The topological polar surface area (TPSA) is 32.3 Å². The second-order valence-electron chi connectivity index (χ2n) is 4.68. The quantitative estimate of drug-likeness (QED) is 0.872. The summed E-state index contributed by atoms with van der Waals surface area (Å²) < 4.78 is 26.1. The molecular formula is C13H16F2N2O. The van der Waals surface area contributed by atoms with Crippen molar-refractivity contribution in [1.82, 2.24) is 10.2 Å². The zero-order valence-corrected chi connectivity index (χ0v) is 10.2. The summed E-state index contributed by atoms with van der Waals surface area (Å²) in [4.78, 5) is 14.0. The van der Waals surface area contributed by atoms with Crippen LogP contribution in [0, 0.1) is 11.6 Å². The van der Waals surface area contributed by atoms with E-state index in [9.17, 15) is 13.6 Å². The standard InChI is InChI=1S/C13H16F2N2O/c1-17-6-4-10(5-7-17)16-13(18)11-3-2-9(14)8-12(11)15/h2-3,8,10H,4-7H2,1H3,(H,16,18). The number of likely N-dealkylation sites (tertiary alicyclic amines) is 1. The van der Waals surface area contributed by atoms with E-state index < -0.39 is 17.5 Å². The van der Waals surface area contributed by atoms with Gasteiger partial charge in [-0.05, 0) is 45.1 Å². The fourth-order valence-electron chi connectivity index (χ4n) is 2.09. The van der Waals surface area contributed by atoms with Gasteiger partial charge >= 0.3 is 0 Å². The number of benzene rings is 1. The minimum atomic E-state index is -0.819. The minimum absolute atomic E-state index is 0.0677. The molecule has 0 bridgehead atoms. The van der Waals surface area contributed by atoms with E-state index in [-0.39, 0.29) is 11.6 Å². The zero-order chi connectivity index (χ0) is 13.1. The Morgan fingerprint density at radius 2 is 2.00 bits per heavy atom. The lowest BCUT2D eigenvalue weighted by molar-refractivity contribution is 0.0912. The Balaban J connectivity index is 1.99. The van der Waals surface area contributed by atoms with Gasteiger partial charge in [0.1, 0.15) is 11.6 Å². The summed E-state index contributed by atoms with van der Waals surface area (Å²) in [6, 6.07) is 3.06. The van der Waals surface area contributed by atoms with E-state index in [0.29, 0.717) is 0 Å². The Hall–Kier alpha value is -1.49. The Labute approximate surface area is 105 Å². The molecule has 1 fully saturated rings. The smallest absolute Gasteiger partial charge is 0.254 e. The molecule has 98 valence electrons. The van der Waals surface area contributed by atoms with Gasteiger partial charge in [0, 0.05) is 12.1 Å². The maximum absolute atomic E-state index is 13.4. The summed E-state index contributed by atoms with van der Waals surface area (Å²) in [7, 11) is 2.03. The van der Waals surface area contributed by atoms with Gasteiger partial charge in [-0.25, -0.2) is 8.78 Å². The van der Waals surface area contributed by atoms with E-state index in [1.807, 2.05) is 7.05 Å². The first-order valence-corrected chi connectivity index (χ1v) is 6.00. The van der Waals surface area contributed by atoms with E-state index in [4.69, 9.17) is 0 Å². The normalized spacial score (nSPS) is 17.7. The molecule has 1 amide bonds. The SMILES string of the molecule is CN1CCC(NC(=O)c2ccc(F)cc2F)CC1. The number of rotatable bonds is 2. The van der Waals surface area contributed by atoms with Crippen LogP contribution in [-0.4, -0.2) is 37.0 Å². The Kier molecular flexibility index (Phi) is 3.91. The van der Waals surface area contributed by atoms with E-state index in [1.165, 1.54) is 6.07 Å². The van der Waals surface area contributed by atoms with Crippen LogP contribution in [0.3, 0.4) is 0 Å². The van der Waals surface area contributed by atoms with Crippen LogP contribution >= 0.6 is 0 Å². The zero-order valence-electron chi connectivity index (χ0n) is 10.2. The summed E-state index contributed by atoms with van der Waals surface area (Å²) in [6.07, 6.45) is 1.70. The van der Waals surface area contributed by atoms with E-state index >= 15 is 0 Å². The average Bonchev–Trinajstić information content (AvgIpc) is 2.32. The molecule has 18 heavy (non-hydrogen) atoms. The second-order valence-corrected chi connectivity index (χ2v) is 4.68. The maximum atomic E-state index is 13.4. The van der Waals surface area contributed by atoms with Crippen LogP contribution in [-0.2, 0) is 0 Å². The van der Waals surface area contributed by atoms with Gasteiger partial charge in [-0.1, -0.05) is 0 Å². The van der Waals surface area contributed by atoms with Crippen LogP contribution in [0.5, 0.6) is 0 Å². The summed E-state index contributed by atoms with van der Waals surface area (Å²) in [5.41, 5.74) is -0.102. The third-order valence-corrected chi connectivity index (χ3v) is 3.23. The molecule has 1 aromatic rings. The number of hydrogen-bond donors (Lipinski definition) is 1. The number of amides is 1. The first kappa shape index (κ1) is 13.0. The predicted molar refractivity (Wildman–Crippen MR) is 64.3 cm³/mol. The lowest BCUT2D eigenvalue weighted by atomic mass is 10.0. The van der Waals surface area contributed by atoms with Gasteiger partial charge in [0.15, 0.2) is 0 Å². The molecule has 1 N–H and O–H groups in total. The Morgan fingerprint density at radius 3 is 2.61 bits per heavy atom. The average molecular weight is 254 g/mol. The lowest BCUT2D eigenvalue weighted by Gasteiger charge is -2.29. The van der Waals surface area contributed by atoms with E-state index in [1.54, 1.807) is 0 Å². The largest absolute Gasteiger partial charge is 0.349 e. The van der Waals surface area contributed by atoms with Crippen LogP contribution < -0.4 is 5.32 Å². The van der Waals surface area contributed by atoms with E-state index in [2.05, 4.69) is 10.2 Å². The van der Waals surface area contributed by atoms with Gasteiger partial charge < -0.3 is 10.2 Å². The van der Waals surface area contributed by atoms with Gasteiger partial charge in [-0.2, -0.15) is 0 Å². The summed E-state index contributed by atoms with van der Waals surface area (Å²) in [5, 5.41) is 2.79. The summed E-state index contributed by atoms with van der Waals surface area (Å²) >= 11 is 0. The van der Waals surface area contributed by atoms with Crippen molar-refractivity contribution in [3.8, 4) is 0 Å². The second kappa shape index (κ2) is 5.44. The van der Waals surface area contributed by atoms with Crippen molar-refractivity contribution < 1.29 is 13.6 Å². The summed E-state index contributed by atoms with van der Waals surface area (Å²) in [6.45, 7) is 1.83. The van der Waals surface area contributed by atoms with Crippen molar-refractivity contribution >= 4 is 5.91 Å². The van der Waals surface area contributed by atoms with Crippen molar-refractivity contribution in [3.05, 3.63) is 35.4 Å². The van der Waals surface area contributed by atoms with Crippen LogP contribution in [0.2, 0.25) is 0 Å². The molecule has 1 aliphatic rings. The first-order valence-electron chi connectivity index (χ1n) is 6.00. The molecule has 1 aromatic carbocycles. The number of nitrogens with zero attached hydrogens (tertiary/aromatic N) is 1. The van der Waals surface area contributed by atoms with Gasteiger partial charge in [-0.3, -0.25) is 4.79 Å². The molecule has 0 spiro atoms. The predicted octanol–water partition coefficient (Wildman–Crippen LogP) is 1.79. The highest BCUT2D eigenvalue weighted by Gasteiger charge is 2.20. The molecule has 0 aromatic heterocycles. The molecule has 0 unspecified atom stereocenters. The lowest BCUT2D eigenvalue weighted by Crippen LogP contribution is -2.43. The molecule has 1 aliphatic heterocycles. The van der Waals surface area contributed by atoms with Crippen LogP contribution in [0.4, 0.5) is 8.78 Å². The molecule has 2 rings (SSSR count). The van der Waals surface area contributed by atoms with Gasteiger partial charge in [0.2, 0.25) is 0 Å². The molecular weight excluding hydrogens is 238 g/mol. The molecule has 0 radical (unpaired) electrons. The number of nitrogens with one attached hydrogen (secondary N) is 1. The number of carbonyl (C=O) groups excluding carboxylic acids is 1. The van der Waals surface area contributed by atoms with Crippen molar-refractivity contribution in [2.45, 2.75) is 18.9 Å². The highest BCUT2D eigenvalue weighted by molar-refractivity contribution is 5.94. The van der Waals surface area contributed by atoms with Gasteiger partial charge in [0.25, 0.3) is 5.91 Å². The van der Waals surface area contributed by atoms with Gasteiger partial charge in [0.05, 0.1) is 5.56 Å². The minimum Gasteiger partial charge on any atom is -0.349 e. The van der Waals surface area contributed by atoms with Crippen LogP contribution in [0.25, 0.3) is 0 Å². The van der Waals surface area contributed by atoms with Crippen molar-refractivity contribution in [2.75, 3.05) is 20.1 Å². The third kappa shape index (κ3) is 3.04. The van der Waals surface area contributed by atoms with Gasteiger partial charge in [-0.15, -0.1) is 0 Å². The highest BCUT2D eigenvalue weighted by Crippen LogP contribution is 2.12. The van der Waals surface area contributed by atoms with Crippen LogP contribution in [0.1, 0.15) is 23.2 Å². The van der Waals surface area contributed by atoms with Crippen molar-refractivity contribution in [1.29, 1.82) is 0 Å². The first-order chi connectivity index (χ1) is 8.56. The fraction of sp³-hybridized carbons (Fsp3) is 0.462. The molecule has 1 heterocycles. The monoisotopic (exact) mass is 254 g/mol. The number of piperidine rings is 1. The third-order valence-electron chi connectivity index (χ3n) is 3.23. The molecule has 1 saturated heterocycles. The molecule has 0 atom stereocenters. The Bertz CT molecular complexity index is 443. The number of hydrogen-bond acceptors (Lipinski definition) is 2. The molecule has 0 saturated carbocycles. The number of halogens is 2. The molecule has 5 heteroatoms. The van der Waals surface area contributed by atoms with E-state index in [0.717, 1.165) is 38.1 Å².